The van der Waals surface area contributed by atoms with Crippen LogP contribution in [0.5, 0.6) is 0 Å². The Balaban J connectivity index is 2.34. The lowest BCUT2D eigenvalue weighted by molar-refractivity contribution is -0.384. The zero-order chi connectivity index (χ0) is 15.4. The summed E-state index contributed by atoms with van der Waals surface area (Å²) in [6, 6.07) is 6.37. The van der Waals surface area contributed by atoms with Crippen LogP contribution >= 0.6 is 0 Å². The molecule has 8 heteroatoms. The Morgan fingerprint density at radius 2 is 2.19 bits per heavy atom. The highest BCUT2D eigenvalue weighted by Gasteiger charge is 2.22. The normalized spacial score (nSPS) is 10.1. The average Bonchev–Trinajstić information content (AvgIpc) is 2.47. The molecule has 0 radical (unpaired) electrons. The Morgan fingerprint density at radius 1 is 1.43 bits per heavy atom. The largest absolute Gasteiger partial charge is 0.478 e. The topological polar surface area (TPSA) is 109 Å². The maximum Gasteiger partial charge on any atom is 0.337 e. The molecule has 0 amide bonds. The number of hydrogen-bond acceptors (Lipinski definition) is 6. The van der Waals surface area contributed by atoms with Crippen LogP contribution in [-0.4, -0.2) is 33.0 Å². The fourth-order valence-corrected chi connectivity index (χ4v) is 1.80. The van der Waals surface area contributed by atoms with Crippen LogP contribution < -0.4 is 4.90 Å². The van der Waals surface area contributed by atoms with E-state index in [1.807, 2.05) is 6.07 Å². The van der Waals surface area contributed by atoms with E-state index in [1.165, 1.54) is 0 Å². The van der Waals surface area contributed by atoms with Gasteiger partial charge in [-0.15, -0.1) is 0 Å². The predicted molar refractivity (Wildman–Crippen MR) is 74.2 cm³/mol. The summed E-state index contributed by atoms with van der Waals surface area (Å²) in [5.41, 5.74) is 0.142. The minimum absolute atomic E-state index is 0.0932. The minimum atomic E-state index is -1.26. The minimum Gasteiger partial charge on any atom is -0.478 e. The second-order valence-corrected chi connectivity index (χ2v) is 4.31. The molecule has 0 aliphatic carbocycles. The third-order valence-corrected chi connectivity index (χ3v) is 2.78. The van der Waals surface area contributed by atoms with E-state index in [4.69, 9.17) is 5.11 Å². The smallest absolute Gasteiger partial charge is 0.337 e. The van der Waals surface area contributed by atoms with E-state index in [1.54, 1.807) is 30.3 Å². The van der Waals surface area contributed by atoms with Gasteiger partial charge in [0.2, 0.25) is 5.82 Å². The number of aromatic nitrogens is 2. The lowest BCUT2D eigenvalue weighted by Crippen LogP contribution is -2.20. The molecule has 0 spiro atoms. The van der Waals surface area contributed by atoms with Crippen LogP contribution in [0, 0.1) is 10.1 Å². The number of carboxylic acid groups (broad SMARTS) is 1. The summed E-state index contributed by atoms with van der Waals surface area (Å²) >= 11 is 0. The maximum absolute atomic E-state index is 11.1. The van der Waals surface area contributed by atoms with Crippen LogP contribution in [0.3, 0.4) is 0 Å². The van der Waals surface area contributed by atoms with Gasteiger partial charge in [0, 0.05) is 25.5 Å². The first kappa shape index (κ1) is 14.4. The lowest BCUT2D eigenvalue weighted by atomic mass is 10.2. The molecule has 0 aliphatic heterocycles. The summed E-state index contributed by atoms with van der Waals surface area (Å²) < 4.78 is 0. The molecule has 0 aromatic carbocycles. The third-order valence-electron chi connectivity index (χ3n) is 2.78. The molecule has 0 fully saturated rings. The molecule has 2 rings (SSSR count). The fourth-order valence-electron chi connectivity index (χ4n) is 1.80. The molecule has 2 aromatic rings. The van der Waals surface area contributed by atoms with Gasteiger partial charge in [0.15, 0.2) is 0 Å². The Hall–Kier alpha value is -3.03. The van der Waals surface area contributed by atoms with Crippen molar-refractivity contribution in [2.75, 3.05) is 11.9 Å². The van der Waals surface area contributed by atoms with Crippen molar-refractivity contribution in [3.8, 4) is 0 Å². The number of carboxylic acids is 1. The summed E-state index contributed by atoms with van der Waals surface area (Å²) in [7, 11) is 1.63. The first-order valence-corrected chi connectivity index (χ1v) is 5.98. The average molecular weight is 288 g/mol. The van der Waals surface area contributed by atoms with E-state index in [0.717, 1.165) is 18.0 Å². The van der Waals surface area contributed by atoms with Gasteiger partial charge in [-0.1, -0.05) is 6.07 Å². The lowest BCUT2D eigenvalue weighted by Gasteiger charge is -2.17. The van der Waals surface area contributed by atoms with Crippen LogP contribution in [0.4, 0.5) is 11.5 Å². The van der Waals surface area contributed by atoms with Crippen molar-refractivity contribution in [3.63, 3.8) is 0 Å². The quantitative estimate of drug-likeness (QED) is 0.658. The van der Waals surface area contributed by atoms with Gasteiger partial charge in [-0.05, 0) is 12.1 Å². The molecule has 2 heterocycles. The summed E-state index contributed by atoms with van der Waals surface area (Å²) in [6.07, 6.45) is 2.72. The van der Waals surface area contributed by atoms with Crippen molar-refractivity contribution < 1.29 is 14.8 Å². The Morgan fingerprint density at radius 3 is 2.76 bits per heavy atom. The van der Waals surface area contributed by atoms with E-state index in [0.29, 0.717) is 6.54 Å². The number of hydrogen-bond donors (Lipinski definition) is 1. The van der Waals surface area contributed by atoms with Gasteiger partial charge in [0.1, 0.15) is 0 Å². The number of pyridine rings is 2. The first-order valence-electron chi connectivity index (χ1n) is 5.98. The molecule has 0 bridgehead atoms. The summed E-state index contributed by atoms with van der Waals surface area (Å²) in [5.74, 6) is -1.17. The molecule has 2 aromatic heterocycles. The van der Waals surface area contributed by atoms with Crippen LogP contribution in [0.15, 0.2) is 36.7 Å². The molecule has 1 N–H and O–H groups in total. The molecule has 0 saturated heterocycles. The van der Waals surface area contributed by atoms with E-state index in [-0.39, 0.29) is 17.1 Å². The second-order valence-electron chi connectivity index (χ2n) is 4.31. The predicted octanol–water partition coefficient (Wildman–Crippen LogP) is 1.72. The molecule has 21 heavy (non-hydrogen) atoms. The summed E-state index contributed by atoms with van der Waals surface area (Å²) in [4.78, 5) is 30.9. The van der Waals surface area contributed by atoms with Crippen LogP contribution in [0.25, 0.3) is 0 Å². The maximum atomic E-state index is 11.1. The van der Waals surface area contributed by atoms with Crippen molar-refractivity contribution in [3.05, 3.63) is 58.0 Å². The van der Waals surface area contributed by atoms with Gasteiger partial charge in [-0.2, -0.15) is 0 Å². The van der Waals surface area contributed by atoms with Gasteiger partial charge in [0.25, 0.3) is 0 Å². The SMILES string of the molecule is CN(Cc1ccccn1)c1ncc(C(=O)O)cc1[N+](=O)[O-]. The summed E-state index contributed by atoms with van der Waals surface area (Å²) in [5, 5.41) is 20.0. The van der Waals surface area contributed by atoms with Crippen molar-refractivity contribution in [1.82, 2.24) is 9.97 Å². The number of anilines is 1. The summed E-state index contributed by atoms with van der Waals surface area (Å²) in [6.45, 7) is 0.321. The highest BCUT2D eigenvalue weighted by molar-refractivity contribution is 5.88. The zero-order valence-electron chi connectivity index (χ0n) is 11.1. The van der Waals surface area contributed by atoms with Crippen molar-refractivity contribution in [1.29, 1.82) is 0 Å². The third kappa shape index (κ3) is 3.30. The van der Waals surface area contributed by atoms with E-state index >= 15 is 0 Å². The molecule has 8 nitrogen and oxygen atoms in total. The van der Waals surface area contributed by atoms with Gasteiger partial charge in [-0.25, -0.2) is 9.78 Å². The van der Waals surface area contributed by atoms with E-state index < -0.39 is 10.9 Å². The van der Waals surface area contributed by atoms with E-state index in [9.17, 15) is 14.9 Å². The molecule has 0 atom stereocenters. The molecule has 0 aliphatic rings. The van der Waals surface area contributed by atoms with Crippen LogP contribution in [0.1, 0.15) is 16.1 Å². The molecule has 108 valence electrons. The van der Waals surface area contributed by atoms with Gasteiger partial charge >= 0.3 is 11.7 Å². The second kappa shape index (κ2) is 5.95. The first-order chi connectivity index (χ1) is 9.99. The van der Waals surface area contributed by atoms with Crippen molar-refractivity contribution in [2.24, 2.45) is 0 Å². The molecule has 0 unspecified atom stereocenters. The number of nitro groups is 1. The zero-order valence-corrected chi connectivity index (χ0v) is 11.1. The fraction of sp³-hybridized carbons (Fsp3) is 0.154. The van der Waals surface area contributed by atoms with Gasteiger partial charge < -0.3 is 10.0 Å². The Kier molecular flexibility index (Phi) is 4.07. The number of nitrogens with zero attached hydrogens (tertiary/aromatic N) is 4. The Bertz CT molecular complexity index is 675. The van der Waals surface area contributed by atoms with Crippen LogP contribution in [0.2, 0.25) is 0 Å². The van der Waals surface area contributed by atoms with Crippen molar-refractivity contribution in [2.45, 2.75) is 6.54 Å². The van der Waals surface area contributed by atoms with Gasteiger partial charge in [-0.3, -0.25) is 15.1 Å². The Labute approximate surface area is 119 Å². The van der Waals surface area contributed by atoms with Gasteiger partial charge in [0.05, 0.1) is 22.7 Å². The number of aromatic carboxylic acids is 1. The van der Waals surface area contributed by atoms with E-state index in [2.05, 4.69) is 9.97 Å². The number of rotatable bonds is 5. The monoisotopic (exact) mass is 288 g/mol. The highest BCUT2D eigenvalue weighted by atomic mass is 16.6. The van der Waals surface area contributed by atoms with Crippen molar-refractivity contribution >= 4 is 17.5 Å². The number of carbonyl (C=O) groups is 1. The van der Waals surface area contributed by atoms with Crippen LogP contribution in [-0.2, 0) is 6.54 Å². The standard InChI is InChI=1S/C13H12N4O4/c1-16(8-10-4-2-3-5-14-10)12-11(17(20)21)6-9(7-15-12)13(18)19/h2-7H,8H2,1H3,(H,18,19). The molecular formula is C13H12N4O4. The highest BCUT2D eigenvalue weighted by Crippen LogP contribution is 2.26. The molecular weight excluding hydrogens is 276 g/mol. The molecule has 0 saturated carbocycles.